The van der Waals surface area contributed by atoms with Gasteiger partial charge in [-0.05, 0) is 36.2 Å². The third-order valence-electron chi connectivity index (χ3n) is 3.86. The van der Waals surface area contributed by atoms with Crippen LogP contribution in [-0.2, 0) is 6.42 Å². The second kappa shape index (κ2) is 6.01. The number of fused-ring (bicyclic) bond motifs is 1. The van der Waals surface area contributed by atoms with E-state index in [1.807, 2.05) is 30.6 Å². The number of aromatic nitrogens is 2. The second-order valence-corrected chi connectivity index (χ2v) is 6.14. The molecule has 1 aliphatic rings. The Morgan fingerprint density at radius 1 is 1.13 bits per heavy atom. The van der Waals surface area contributed by atoms with Gasteiger partial charge in [0.25, 0.3) is 0 Å². The molecule has 4 nitrogen and oxygen atoms in total. The molecule has 0 unspecified atom stereocenters. The van der Waals surface area contributed by atoms with Gasteiger partial charge < -0.3 is 9.47 Å². The van der Waals surface area contributed by atoms with E-state index in [-0.39, 0.29) is 0 Å². The van der Waals surface area contributed by atoms with Crippen LogP contribution in [0.25, 0.3) is 21.8 Å². The first-order valence-corrected chi connectivity index (χ1v) is 8.52. The van der Waals surface area contributed by atoms with Gasteiger partial charge in [-0.1, -0.05) is 6.92 Å². The van der Waals surface area contributed by atoms with Gasteiger partial charge in [0, 0.05) is 28.9 Å². The molecule has 0 amide bonds. The number of pyridine rings is 1. The standard InChI is InChI=1S/C18H16N2O2S/c1-2-12-5-6-19-10-14(12)18-20-15(11-23-18)13-3-4-16-17(9-13)22-8-7-21-16/h3-6,9-11H,2,7-8H2,1H3. The van der Waals surface area contributed by atoms with Crippen LogP contribution in [0.5, 0.6) is 11.5 Å². The maximum atomic E-state index is 5.65. The van der Waals surface area contributed by atoms with Crippen molar-refractivity contribution in [3.63, 3.8) is 0 Å². The highest BCUT2D eigenvalue weighted by molar-refractivity contribution is 7.13. The van der Waals surface area contributed by atoms with Crippen molar-refractivity contribution in [2.45, 2.75) is 13.3 Å². The minimum atomic E-state index is 0.592. The summed E-state index contributed by atoms with van der Waals surface area (Å²) in [7, 11) is 0. The molecular weight excluding hydrogens is 308 g/mol. The Hall–Kier alpha value is -2.40. The molecule has 1 aliphatic heterocycles. The van der Waals surface area contributed by atoms with Crippen LogP contribution in [-0.4, -0.2) is 23.2 Å². The van der Waals surface area contributed by atoms with E-state index in [0.717, 1.165) is 39.7 Å². The molecular formula is C18H16N2O2S. The lowest BCUT2D eigenvalue weighted by Crippen LogP contribution is -2.15. The number of hydrogen-bond acceptors (Lipinski definition) is 5. The number of benzene rings is 1. The van der Waals surface area contributed by atoms with Crippen molar-refractivity contribution in [1.82, 2.24) is 9.97 Å². The van der Waals surface area contributed by atoms with Gasteiger partial charge in [-0.3, -0.25) is 4.98 Å². The van der Waals surface area contributed by atoms with Crippen LogP contribution in [0, 0.1) is 0 Å². The molecule has 0 fully saturated rings. The quantitative estimate of drug-likeness (QED) is 0.724. The zero-order chi connectivity index (χ0) is 15.6. The van der Waals surface area contributed by atoms with Gasteiger partial charge in [-0.2, -0.15) is 0 Å². The first-order valence-electron chi connectivity index (χ1n) is 7.64. The predicted molar refractivity (Wildman–Crippen MR) is 91.1 cm³/mol. The van der Waals surface area contributed by atoms with Crippen molar-refractivity contribution in [1.29, 1.82) is 0 Å². The van der Waals surface area contributed by atoms with Crippen molar-refractivity contribution >= 4 is 11.3 Å². The van der Waals surface area contributed by atoms with Gasteiger partial charge in [0.15, 0.2) is 11.5 Å². The van der Waals surface area contributed by atoms with Gasteiger partial charge in [0.2, 0.25) is 0 Å². The lowest BCUT2D eigenvalue weighted by molar-refractivity contribution is 0.171. The topological polar surface area (TPSA) is 44.2 Å². The number of ether oxygens (including phenoxy) is 2. The molecule has 4 rings (SSSR count). The Labute approximate surface area is 138 Å². The molecule has 116 valence electrons. The summed E-state index contributed by atoms with van der Waals surface area (Å²) in [4.78, 5) is 9.03. The molecule has 0 spiro atoms. The van der Waals surface area contributed by atoms with Gasteiger partial charge in [0.1, 0.15) is 18.2 Å². The Morgan fingerprint density at radius 3 is 2.87 bits per heavy atom. The average Bonchev–Trinajstić information content (AvgIpc) is 3.11. The Bertz CT molecular complexity index is 845. The fourth-order valence-corrected chi connectivity index (χ4v) is 3.53. The SMILES string of the molecule is CCc1ccncc1-c1nc(-c2ccc3c(c2)OCCO3)cs1. The van der Waals surface area contributed by atoms with E-state index < -0.39 is 0 Å². The third kappa shape index (κ3) is 2.68. The van der Waals surface area contributed by atoms with E-state index in [2.05, 4.69) is 23.4 Å². The number of nitrogens with zero attached hydrogens (tertiary/aromatic N) is 2. The normalized spacial score (nSPS) is 13.1. The average molecular weight is 324 g/mol. The van der Waals surface area contributed by atoms with Gasteiger partial charge >= 0.3 is 0 Å². The highest BCUT2D eigenvalue weighted by atomic mass is 32.1. The predicted octanol–water partition coefficient (Wildman–Crippen LogP) is 4.21. The summed E-state index contributed by atoms with van der Waals surface area (Å²) in [6.45, 7) is 3.34. The number of aryl methyl sites for hydroxylation is 1. The Kier molecular flexibility index (Phi) is 3.71. The molecule has 0 saturated heterocycles. The lowest BCUT2D eigenvalue weighted by Gasteiger charge is -2.18. The van der Waals surface area contributed by atoms with E-state index >= 15 is 0 Å². The van der Waals surface area contributed by atoms with Crippen LogP contribution >= 0.6 is 11.3 Å². The minimum absolute atomic E-state index is 0.592. The smallest absolute Gasteiger partial charge is 0.162 e. The van der Waals surface area contributed by atoms with E-state index in [9.17, 15) is 0 Å². The zero-order valence-corrected chi connectivity index (χ0v) is 13.6. The molecule has 0 saturated carbocycles. The third-order valence-corrected chi connectivity index (χ3v) is 4.74. The maximum absolute atomic E-state index is 5.65. The summed E-state index contributed by atoms with van der Waals surface area (Å²) >= 11 is 1.64. The molecule has 0 atom stereocenters. The zero-order valence-electron chi connectivity index (χ0n) is 12.8. The molecule has 0 aliphatic carbocycles. The van der Waals surface area contributed by atoms with Crippen molar-refractivity contribution in [3.8, 4) is 33.3 Å². The van der Waals surface area contributed by atoms with Crippen LogP contribution in [0.15, 0.2) is 42.0 Å². The van der Waals surface area contributed by atoms with E-state index in [4.69, 9.17) is 14.5 Å². The molecule has 0 N–H and O–H groups in total. The minimum Gasteiger partial charge on any atom is -0.486 e. The van der Waals surface area contributed by atoms with E-state index in [0.29, 0.717) is 13.2 Å². The summed E-state index contributed by atoms with van der Waals surface area (Å²) < 4.78 is 11.2. The Morgan fingerprint density at radius 2 is 2.00 bits per heavy atom. The van der Waals surface area contributed by atoms with E-state index in [1.54, 1.807) is 11.3 Å². The Balaban J connectivity index is 1.70. The van der Waals surface area contributed by atoms with Gasteiger partial charge in [0.05, 0.1) is 5.69 Å². The fourth-order valence-electron chi connectivity index (χ4n) is 2.66. The summed E-state index contributed by atoms with van der Waals surface area (Å²) in [6, 6.07) is 8.03. The molecule has 3 heterocycles. The summed E-state index contributed by atoms with van der Waals surface area (Å²) in [6.07, 6.45) is 4.69. The summed E-state index contributed by atoms with van der Waals surface area (Å²) in [5.74, 6) is 1.59. The summed E-state index contributed by atoms with van der Waals surface area (Å²) in [5, 5.41) is 3.08. The molecule has 1 aromatic carbocycles. The van der Waals surface area contributed by atoms with Crippen molar-refractivity contribution in [3.05, 3.63) is 47.6 Å². The monoisotopic (exact) mass is 324 g/mol. The molecule has 0 bridgehead atoms. The largest absolute Gasteiger partial charge is 0.486 e. The molecule has 0 radical (unpaired) electrons. The second-order valence-electron chi connectivity index (χ2n) is 5.28. The van der Waals surface area contributed by atoms with Gasteiger partial charge in [-0.15, -0.1) is 11.3 Å². The number of rotatable bonds is 3. The lowest BCUT2D eigenvalue weighted by atomic mass is 10.1. The van der Waals surface area contributed by atoms with Crippen molar-refractivity contribution < 1.29 is 9.47 Å². The molecule has 2 aromatic heterocycles. The fraction of sp³-hybridized carbons (Fsp3) is 0.222. The first-order chi connectivity index (χ1) is 11.3. The highest BCUT2D eigenvalue weighted by Gasteiger charge is 2.15. The molecule has 5 heteroatoms. The van der Waals surface area contributed by atoms with Crippen LogP contribution < -0.4 is 9.47 Å². The van der Waals surface area contributed by atoms with Crippen molar-refractivity contribution in [2.75, 3.05) is 13.2 Å². The van der Waals surface area contributed by atoms with Crippen LogP contribution in [0.4, 0.5) is 0 Å². The first kappa shape index (κ1) is 14.2. The number of thiazole rings is 1. The van der Waals surface area contributed by atoms with Crippen LogP contribution in [0.3, 0.4) is 0 Å². The van der Waals surface area contributed by atoms with Crippen LogP contribution in [0.1, 0.15) is 12.5 Å². The summed E-state index contributed by atoms with van der Waals surface area (Å²) in [5.41, 5.74) is 4.37. The van der Waals surface area contributed by atoms with E-state index in [1.165, 1.54) is 5.56 Å². The molecule has 23 heavy (non-hydrogen) atoms. The van der Waals surface area contributed by atoms with Crippen molar-refractivity contribution in [2.24, 2.45) is 0 Å². The number of hydrogen-bond donors (Lipinski definition) is 0. The van der Waals surface area contributed by atoms with Crippen LogP contribution in [0.2, 0.25) is 0 Å². The maximum Gasteiger partial charge on any atom is 0.162 e. The van der Waals surface area contributed by atoms with Gasteiger partial charge in [-0.25, -0.2) is 4.98 Å². The highest BCUT2D eigenvalue weighted by Crippen LogP contribution is 2.36. The molecule has 3 aromatic rings.